The Morgan fingerprint density at radius 2 is 2.21 bits per heavy atom. The summed E-state index contributed by atoms with van der Waals surface area (Å²) in [6.07, 6.45) is 1.18. The Morgan fingerprint density at radius 3 is 2.79 bits per heavy atom. The third-order valence-corrected chi connectivity index (χ3v) is 3.39. The lowest BCUT2D eigenvalue weighted by Crippen LogP contribution is -2.33. The van der Waals surface area contributed by atoms with E-state index in [0.29, 0.717) is 12.6 Å². The highest BCUT2D eigenvalue weighted by molar-refractivity contribution is 5.50. The van der Waals surface area contributed by atoms with E-state index in [2.05, 4.69) is 38.2 Å². The van der Waals surface area contributed by atoms with Crippen molar-refractivity contribution in [2.45, 2.75) is 45.4 Å². The Balaban J connectivity index is 2.36. The van der Waals surface area contributed by atoms with Crippen molar-refractivity contribution >= 4 is 0 Å². The third kappa shape index (κ3) is 3.01. The van der Waals surface area contributed by atoms with Crippen LogP contribution < -0.4 is 20.5 Å². The molecular formula is C15H24N2O2. The molecule has 0 bridgehead atoms. The zero-order valence-corrected chi connectivity index (χ0v) is 12.2. The smallest absolute Gasteiger partial charge is 0.124 e. The van der Waals surface area contributed by atoms with Gasteiger partial charge in [0.25, 0.3) is 0 Å². The quantitative estimate of drug-likeness (QED) is 0.854. The van der Waals surface area contributed by atoms with Crippen molar-refractivity contribution in [1.82, 2.24) is 5.32 Å². The van der Waals surface area contributed by atoms with Gasteiger partial charge in [-0.05, 0) is 19.1 Å². The second-order valence-corrected chi connectivity index (χ2v) is 5.44. The number of nitrogens with one attached hydrogen (secondary N) is 1. The molecule has 2 atom stereocenters. The van der Waals surface area contributed by atoms with Gasteiger partial charge in [0.2, 0.25) is 0 Å². The number of fused-ring (bicyclic) bond motifs is 1. The monoisotopic (exact) mass is 264 g/mol. The topological polar surface area (TPSA) is 56.5 Å². The van der Waals surface area contributed by atoms with E-state index < -0.39 is 0 Å². The summed E-state index contributed by atoms with van der Waals surface area (Å²) in [5, 5.41) is 3.46. The zero-order chi connectivity index (χ0) is 14.0. The SMILES string of the molecule is COc1cc2c(cc1C(CN)NC(C)C)OC(C)C2. The number of ether oxygens (including phenoxy) is 2. The minimum atomic E-state index is 0.0831. The van der Waals surface area contributed by atoms with Gasteiger partial charge in [0, 0.05) is 36.2 Å². The first-order valence-corrected chi connectivity index (χ1v) is 6.88. The standard InChI is InChI=1S/C15H24N2O2/c1-9(2)17-13(8-16)12-7-14-11(5-10(3)19-14)6-15(12)18-4/h6-7,9-10,13,17H,5,8,16H2,1-4H3. The molecule has 0 saturated carbocycles. The van der Waals surface area contributed by atoms with Crippen LogP contribution in [0.3, 0.4) is 0 Å². The number of hydrogen-bond acceptors (Lipinski definition) is 4. The maximum absolute atomic E-state index is 5.89. The Hall–Kier alpha value is -1.26. The fourth-order valence-corrected chi connectivity index (χ4v) is 2.59. The summed E-state index contributed by atoms with van der Waals surface area (Å²) in [7, 11) is 1.70. The van der Waals surface area contributed by atoms with Gasteiger partial charge in [-0.1, -0.05) is 13.8 Å². The fourth-order valence-electron chi connectivity index (χ4n) is 2.59. The lowest BCUT2D eigenvalue weighted by molar-refractivity contribution is 0.254. The number of nitrogens with two attached hydrogens (primary N) is 1. The first-order valence-electron chi connectivity index (χ1n) is 6.88. The third-order valence-electron chi connectivity index (χ3n) is 3.39. The summed E-state index contributed by atoms with van der Waals surface area (Å²) in [5.74, 6) is 1.85. The predicted molar refractivity (Wildman–Crippen MR) is 76.9 cm³/mol. The predicted octanol–water partition coefficient (Wildman–Crippen LogP) is 2.02. The van der Waals surface area contributed by atoms with Gasteiger partial charge < -0.3 is 20.5 Å². The molecule has 3 N–H and O–H groups in total. The highest BCUT2D eigenvalue weighted by Gasteiger charge is 2.24. The molecule has 0 radical (unpaired) electrons. The van der Waals surface area contributed by atoms with Crippen LogP contribution in [-0.4, -0.2) is 25.8 Å². The molecule has 19 heavy (non-hydrogen) atoms. The van der Waals surface area contributed by atoms with E-state index in [4.69, 9.17) is 15.2 Å². The molecule has 106 valence electrons. The summed E-state index contributed by atoms with van der Waals surface area (Å²) in [5.41, 5.74) is 8.18. The summed E-state index contributed by atoms with van der Waals surface area (Å²) in [6.45, 7) is 6.84. The van der Waals surface area contributed by atoms with Crippen LogP contribution in [0.25, 0.3) is 0 Å². The molecule has 0 fully saturated rings. The molecule has 0 saturated heterocycles. The van der Waals surface area contributed by atoms with Gasteiger partial charge >= 0.3 is 0 Å². The molecule has 0 aromatic heterocycles. The van der Waals surface area contributed by atoms with Crippen molar-refractivity contribution in [3.05, 3.63) is 23.3 Å². The minimum absolute atomic E-state index is 0.0831. The first-order chi connectivity index (χ1) is 9.05. The van der Waals surface area contributed by atoms with E-state index >= 15 is 0 Å². The summed E-state index contributed by atoms with van der Waals surface area (Å²) < 4.78 is 11.3. The van der Waals surface area contributed by atoms with Crippen LogP contribution in [0.5, 0.6) is 11.5 Å². The van der Waals surface area contributed by atoms with E-state index in [-0.39, 0.29) is 12.1 Å². The van der Waals surface area contributed by atoms with Crippen LogP contribution in [0.4, 0.5) is 0 Å². The molecule has 1 aliphatic rings. The van der Waals surface area contributed by atoms with Crippen LogP contribution in [0, 0.1) is 0 Å². The van der Waals surface area contributed by atoms with Gasteiger partial charge in [-0.2, -0.15) is 0 Å². The fraction of sp³-hybridized carbons (Fsp3) is 0.600. The van der Waals surface area contributed by atoms with Gasteiger partial charge in [0.1, 0.15) is 17.6 Å². The minimum Gasteiger partial charge on any atom is -0.496 e. The normalized spacial score (nSPS) is 19.2. The average Bonchev–Trinajstić information content (AvgIpc) is 2.73. The molecule has 1 heterocycles. The Morgan fingerprint density at radius 1 is 1.47 bits per heavy atom. The molecule has 1 aromatic carbocycles. The van der Waals surface area contributed by atoms with E-state index in [1.807, 2.05) is 0 Å². The van der Waals surface area contributed by atoms with Gasteiger partial charge in [-0.15, -0.1) is 0 Å². The Kier molecular flexibility index (Phi) is 4.32. The lowest BCUT2D eigenvalue weighted by Gasteiger charge is -2.22. The van der Waals surface area contributed by atoms with Crippen molar-refractivity contribution in [3.8, 4) is 11.5 Å². The molecule has 4 heteroatoms. The maximum Gasteiger partial charge on any atom is 0.124 e. The zero-order valence-electron chi connectivity index (χ0n) is 12.2. The van der Waals surface area contributed by atoms with Crippen LogP contribution >= 0.6 is 0 Å². The van der Waals surface area contributed by atoms with E-state index in [1.54, 1.807) is 7.11 Å². The van der Waals surface area contributed by atoms with Crippen LogP contribution in [0.1, 0.15) is 37.9 Å². The second-order valence-electron chi connectivity index (χ2n) is 5.44. The number of benzene rings is 1. The van der Waals surface area contributed by atoms with E-state index in [1.165, 1.54) is 5.56 Å². The molecule has 0 aliphatic carbocycles. The van der Waals surface area contributed by atoms with E-state index in [9.17, 15) is 0 Å². The van der Waals surface area contributed by atoms with E-state index in [0.717, 1.165) is 23.5 Å². The van der Waals surface area contributed by atoms with Crippen LogP contribution in [0.2, 0.25) is 0 Å². The molecule has 2 rings (SSSR count). The molecule has 1 aromatic rings. The van der Waals surface area contributed by atoms with Gasteiger partial charge in [0.05, 0.1) is 7.11 Å². The van der Waals surface area contributed by atoms with Crippen LogP contribution in [0.15, 0.2) is 12.1 Å². The van der Waals surface area contributed by atoms with Crippen LogP contribution in [-0.2, 0) is 6.42 Å². The lowest BCUT2D eigenvalue weighted by atomic mass is 10.0. The molecule has 1 aliphatic heterocycles. The highest BCUT2D eigenvalue weighted by Crippen LogP contribution is 2.37. The number of rotatable bonds is 5. The average molecular weight is 264 g/mol. The number of methoxy groups -OCH3 is 1. The second kappa shape index (κ2) is 5.80. The first kappa shape index (κ1) is 14.2. The van der Waals surface area contributed by atoms with Crippen molar-refractivity contribution < 1.29 is 9.47 Å². The van der Waals surface area contributed by atoms with Crippen molar-refractivity contribution in [2.75, 3.05) is 13.7 Å². The maximum atomic E-state index is 5.89. The Bertz CT molecular complexity index is 446. The Labute approximate surface area is 115 Å². The van der Waals surface area contributed by atoms with Gasteiger partial charge in [0.15, 0.2) is 0 Å². The summed E-state index contributed by atoms with van der Waals surface area (Å²) >= 11 is 0. The van der Waals surface area contributed by atoms with Crippen molar-refractivity contribution in [3.63, 3.8) is 0 Å². The largest absolute Gasteiger partial charge is 0.496 e. The van der Waals surface area contributed by atoms with Crippen molar-refractivity contribution in [1.29, 1.82) is 0 Å². The molecular weight excluding hydrogens is 240 g/mol. The molecule has 0 spiro atoms. The highest BCUT2D eigenvalue weighted by atomic mass is 16.5. The summed E-state index contributed by atoms with van der Waals surface area (Å²) in [4.78, 5) is 0. The van der Waals surface area contributed by atoms with Gasteiger partial charge in [-0.3, -0.25) is 0 Å². The molecule has 4 nitrogen and oxygen atoms in total. The summed E-state index contributed by atoms with van der Waals surface area (Å²) in [6, 6.07) is 4.61. The number of hydrogen-bond donors (Lipinski definition) is 2. The van der Waals surface area contributed by atoms with Gasteiger partial charge in [-0.25, -0.2) is 0 Å². The van der Waals surface area contributed by atoms with Crippen molar-refractivity contribution in [2.24, 2.45) is 5.73 Å². The molecule has 0 amide bonds. The molecule has 2 unspecified atom stereocenters.